The van der Waals surface area contributed by atoms with Crippen molar-refractivity contribution in [3.05, 3.63) is 0 Å². The normalized spacial score (nSPS) is 24.7. The number of hydrogen-bond acceptors (Lipinski definition) is 3. The molecule has 1 heterocycles. The van der Waals surface area contributed by atoms with Gasteiger partial charge in [0.1, 0.15) is 0 Å². The van der Waals surface area contributed by atoms with E-state index in [9.17, 15) is 9.90 Å². The van der Waals surface area contributed by atoms with Crippen molar-refractivity contribution in [1.29, 1.82) is 0 Å². The lowest BCUT2D eigenvalue weighted by Crippen LogP contribution is -2.42. The molecule has 1 saturated carbocycles. The summed E-state index contributed by atoms with van der Waals surface area (Å²) in [7, 11) is 0. The van der Waals surface area contributed by atoms with Gasteiger partial charge >= 0.3 is 0 Å². The lowest BCUT2D eigenvalue weighted by Gasteiger charge is -2.28. The SMILES string of the molecule is O=C(NCC(O)C1CCCCC1)C1CCNCC1. The largest absolute Gasteiger partial charge is 0.391 e. The molecule has 1 unspecified atom stereocenters. The maximum atomic E-state index is 11.9. The highest BCUT2D eigenvalue weighted by Gasteiger charge is 2.24. The van der Waals surface area contributed by atoms with Crippen LogP contribution >= 0.6 is 0 Å². The van der Waals surface area contributed by atoms with Crippen molar-refractivity contribution in [3.63, 3.8) is 0 Å². The van der Waals surface area contributed by atoms with Crippen LogP contribution in [0.1, 0.15) is 44.9 Å². The Morgan fingerprint density at radius 1 is 1.17 bits per heavy atom. The standard InChI is InChI=1S/C14H26N2O2/c17-13(11-4-2-1-3-5-11)10-16-14(18)12-6-8-15-9-7-12/h11-13,15,17H,1-10H2,(H,16,18). The molecule has 18 heavy (non-hydrogen) atoms. The number of aliphatic hydroxyl groups excluding tert-OH is 1. The summed E-state index contributed by atoms with van der Waals surface area (Å²) in [6.07, 6.45) is 7.47. The number of hydrogen-bond donors (Lipinski definition) is 3. The first-order valence-electron chi connectivity index (χ1n) is 7.44. The van der Waals surface area contributed by atoms with E-state index in [4.69, 9.17) is 0 Å². The van der Waals surface area contributed by atoms with Crippen molar-refractivity contribution in [1.82, 2.24) is 10.6 Å². The van der Waals surface area contributed by atoms with E-state index in [0.717, 1.165) is 38.8 Å². The molecule has 0 aromatic rings. The average Bonchev–Trinajstić information content (AvgIpc) is 2.46. The van der Waals surface area contributed by atoms with E-state index in [1.54, 1.807) is 0 Å². The van der Waals surface area contributed by atoms with Crippen LogP contribution in [0, 0.1) is 11.8 Å². The van der Waals surface area contributed by atoms with Crippen molar-refractivity contribution >= 4 is 5.91 Å². The van der Waals surface area contributed by atoms with Gasteiger partial charge in [0, 0.05) is 12.5 Å². The predicted molar refractivity (Wildman–Crippen MR) is 71.2 cm³/mol. The van der Waals surface area contributed by atoms with Crippen molar-refractivity contribution in [2.75, 3.05) is 19.6 Å². The van der Waals surface area contributed by atoms with Gasteiger partial charge in [-0.15, -0.1) is 0 Å². The minimum Gasteiger partial charge on any atom is -0.391 e. The Morgan fingerprint density at radius 2 is 1.83 bits per heavy atom. The lowest BCUT2D eigenvalue weighted by atomic mass is 9.85. The zero-order valence-corrected chi connectivity index (χ0v) is 11.2. The van der Waals surface area contributed by atoms with Gasteiger partial charge in [0.2, 0.25) is 5.91 Å². The van der Waals surface area contributed by atoms with E-state index in [1.807, 2.05) is 0 Å². The van der Waals surface area contributed by atoms with Crippen LogP contribution in [0.5, 0.6) is 0 Å². The maximum Gasteiger partial charge on any atom is 0.223 e. The van der Waals surface area contributed by atoms with Gasteiger partial charge in [0.05, 0.1) is 6.10 Å². The third-order valence-electron chi connectivity index (χ3n) is 4.39. The first-order chi connectivity index (χ1) is 8.77. The molecule has 104 valence electrons. The first kappa shape index (κ1) is 13.8. The molecule has 0 radical (unpaired) electrons. The molecule has 3 N–H and O–H groups in total. The second-order valence-electron chi connectivity index (χ2n) is 5.73. The molecular formula is C14H26N2O2. The van der Waals surface area contributed by atoms with Gasteiger partial charge in [0.15, 0.2) is 0 Å². The number of amides is 1. The summed E-state index contributed by atoms with van der Waals surface area (Å²) in [5.74, 6) is 0.670. The zero-order chi connectivity index (χ0) is 12.8. The molecule has 4 nitrogen and oxygen atoms in total. The number of piperidine rings is 1. The lowest BCUT2D eigenvalue weighted by molar-refractivity contribution is -0.126. The smallest absolute Gasteiger partial charge is 0.223 e. The van der Waals surface area contributed by atoms with Crippen molar-refractivity contribution in [3.8, 4) is 0 Å². The van der Waals surface area contributed by atoms with E-state index in [-0.39, 0.29) is 17.9 Å². The average molecular weight is 254 g/mol. The highest BCUT2D eigenvalue weighted by molar-refractivity contribution is 5.78. The molecule has 1 amide bonds. The van der Waals surface area contributed by atoms with Crippen LogP contribution in [0.3, 0.4) is 0 Å². The Kier molecular flexibility index (Phi) is 5.45. The number of rotatable bonds is 4. The molecule has 1 atom stereocenters. The second-order valence-corrected chi connectivity index (χ2v) is 5.73. The van der Waals surface area contributed by atoms with E-state index in [0.29, 0.717) is 12.5 Å². The fraction of sp³-hybridized carbons (Fsp3) is 0.929. The number of aliphatic hydroxyl groups is 1. The van der Waals surface area contributed by atoms with Gasteiger partial charge in [0.25, 0.3) is 0 Å². The summed E-state index contributed by atoms with van der Waals surface area (Å²) in [5, 5.41) is 16.3. The molecule has 1 aliphatic heterocycles. The Morgan fingerprint density at radius 3 is 2.50 bits per heavy atom. The Labute approximate surface area is 110 Å². The quantitative estimate of drug-likeness (QED) is 0.702. The molecular weight excluding hydrogens is 228 g/mol. The fourth-order valence-electron chi connectivity index (χ4n) is 3.12. The van der Waals surface area contributed by atoms with Crippen LogP contribution in [-0.2, 0) is 4.79 Å². The minimum absolute atomic E-state index is 0.131. The highest BCUT2D eigenvalue weighted by atomic mass is 16.3. The van der Waals surface area contributed by atoms with E-state index < -0.39 is 0 Å². The summed E-state index contributed by atoms with van der Waals surface area (Å²) >= 11 is 0. The zero-order valence-electron chi connectivity index (χ0n) is 11.2. The first-order valence-corrected chi connectivity index (χ1v) is 7.44. The molecule has 0 aromatic heterocycles. The summed E-state index contributed by atoms with van der Waals surface area (Å²) in [6, 6.07) is 0. The van der Waals surface area contributed by atoms with Crippen LogP contribution < -0.4 is 10.6 Å². The molecule has 0 aromatic carbocycles. The third kappa shape index (κ3) is 3.95. The van der Waals surface area contributed by atoms with Crippen LogP contribution in [0.4, 0.5) is 0 Å². The minimum atomic E-state index is -0.351. The maximum absolute atomic E-state index is 11.9. The molecule has 2 rings (SSSR count). The predicted octanol–water partition coefficient (Wildman–Crippen LogP) is 1.04. The molecule has 1 aliphatic carbocycles. The summed E-state index contributed by atoms with van der Waals surface area (Å²) in [5.41, 5.74) is 0. The number of carbonyl (C=O) groups excluding carboxylic acids is 1. The summed E-state index contributed by atoms with van der Waals surface area (Å²) in [4.78, 5) is 11.9. The van der Waals surface area contributed by atoms with E-state index in [1.165, 1.54) is 19.3 Å². The van der Waals surface area contributed by atoms with Crippen molar-refractivity contribution in [2.45, 2.75) is 51.0 Å². The van der Waals surface area contributed by atoms with Gasteiger partial charge in [-0.3, -0.25) is 4.79 Å². The van der Waals surface area contributed by atoms with Gasteiger partial charge in [-0.1, -0.05) is 19.3 Å². The van der Waals surface area contributed by atoms with Crippen LogP contribution in [0.2, 0.25) is 0 Å². The Balaban J connectivity index is 1.67. The van der Waals surface area contributed by atoms with Crippen LogP contribution in [-0.4, -0.2) is 36.8 Å². The third-order valence-corrected chi connectivity index (χ3v) is 4.39. The molecule has 0 bridgehead atoms. The monoisotopic (exact) mass is 254 g/mol. The molecule has 2 fully saturated rings. The molecule has 1 saturated heterocycles. The van der Waals surface area contributed by atoms with Crippen molar-refractivity contribution in [2.24, 2.45) is 11.8 Å². The molecule has 0 spiro atoms. The topological polar surface area (TPSA) is 61.4 Å². The number of carbonyl (C=O) groups is 1. The van der Waals surface area contributed by atoms with Gasteiger partial charge in [-0.25, -0.2) is 0 Å². The Bertz CT molecular complexity index is 259. The molecule has 2 aliphatic rings. The number of nitrogens with one attached hydrogen (secondary N) is 2. The van der Waals surface area contributed by atoms with E-state index in [2.05, 4.69) is 10.6 Å². The van der Waals surface area contributed by atoms with Gasteiger partial charge < -0.3 is 15.7 Å². The van der Waals surface area contributed by atoms with Crippen molar-refractivity contribution < 1.29 is 9.90 Å². The summed E-state index contributed by atoms with van der Waals surface area (Å²) < 4.78 is 0. The van der Waals surface area contributed by atoms with Crippen LogP contribution in [0.15, 0.2) is 0 Å². The Hall–Kier alpha value is -0.610. The highest BCUT2D eigenvalue weighted by Crippen LogP contribution is 2.26. The second kappa shape index (κ2) is 7.10. The van der Waals surface area contributed by atoms with Crippen LogP contribution in [0.25, 0.3) is 0 Å². The molecule has 4 heteroatoms. The van der Waals surface area contributed by atoms with E-state index >= 15 is 0 Å². The summed E-state index contributed by atoms with van der Waals surface area (Å²) in [6.45, 7) is 2.31. The fourth-order valence-corrected chi connectivity index (χ4v) is 3.12. The van der Waals surface area contributed by atoms with Gasteiger partial charge in [-0.2, -0.15) is 0 Å². The van der Waals surface area contributed by atoms with Gasteiger partial charge in [-0.05, 0) is 44.7 Å².